The number of carbonyl (C=O) groups is 2. The van der Waals surface area contributed by atoms with Crippen LogP contribution in [0.2, 0.25) is 0 Å². The monoisotopic (exact) mass is 317 g/mol. The van der Waals surface area contributed by atoms with E-state index >= 15 is 0 Å². The second-order valence-electron chi connectivity index (χ2n) is 6.82. The van der Waals surface area contributed by atoms with Crippen LogP contribution in [0.5, 0.6) is 0 Å². The third-order valence-electron chi connectivity index (χ3n) is 4.47. The Balaban J connectivity index is 2.21. The highest BCUT2D eigenvalue weighted by Gasteiger charge is 2.33. The SMILES string of the molecule is C[C@H]1CC[C@H](c2cccc(CCN(C)C)c2)N(C(=O)C(N)=O)C1. The summed E-state index contributed by atoms with van der Waals surface area (Å²) in [5.41, 5.74) is 7.58. The average Bonchev–Trinajstić information content (AvgIpc) is 2.52. The van der Waals surface area contributed by atoms with Gasteiger partial charge >= 0.3 is 11.8 Å². The van der Waals surface area contributed by atoms with Gasteiger partial charge in [0.2, 0.25) is 0 Å². The van der Waals surface area contributed by atoms with E-state index in [0.29, 0.717) is 12.5 Å². The summed E-state index contributed by atoms with van der Waals surface area (Å²) in [6.45, 7) is 3.68. The van der Waals surface area contributed by atoms with Gasteiger partial charge in [0.05, 0.1) is 6.04 Å². The molecule has 1 fully saturated rings. The van der Waals surface area contributed by atoms with Crippen LogP contribution >= 0.6 is 0 Å². The molecule has 1 aromatic carbocycles. The van der Waals surface area contributed by atoms with Crippen molar-refractivity contribution in [2.24, 2.45) is 11.7 Å². The van der Waals surface area contributed by atoms with Crippen molar-refractivity contribution in [2.75, 3.05) is 27.2 Å². The maximum absolute atomic E-state index is 12.2. The molecule has 0 aliphatic carbocycles. The summed E-state index contributed by atoms with van der Waals surface area (Å²) in [6.07, 6.45) is 2.89. The molecule has 2 rings (SSSR count). The first-order chi connectivity index (χ1) is 10.9. The Kier molecular flexibility index (Phi) is 5.77. The quantitative estimate of drug-likeness (QED) is 0.857. The Hall–Kier alpha value is -1.88. The molecule has 23 heavy (non-hydrogen) atoms. The first-order valence-electron chi connectivity index (χ1n) is 8.22. The largest absolute Gasteiger partial charge is 0.361 e. The first kappa shape index (κ1) is 17.5. The van der Waals surface area contributed by atoms with Crippen LogP contribution in [0.15, 0.2) is 24.3 Å². The molecule has 0 aromatic heterocycles. The lowest BCUT2D eigenvalue weighted by Gasteiger charge is -2.38. The van der Waals surface area contributed by atoms with E-state index in [9.17, 15) is 9.59 Å². The molecule has 0 bridgehead atoms. The molecule has 5 nitrogen and oxygen atoms in total. The lowest BCUT2D eigenvalue weighted by Crippen LogP contribution is -2.46. The molecular formula is C18H27N3O2. The van der Waals surface area contributed by atoms with Crippen molar-refractivity contribution in [1.82, 2.24) is 9.80 Å². The van der Waals surface area contributed by atoms with Crippen molar-refractivity contribution < 1.29 is 9.59 Å². The molecule has 1 aromatic rings. The molecule has 1 heterocycles. The van der Waals surface area contributed by atoms with Crippen LogP contribution in [0, 0.1) is 5.92 Å². The molecule has 126 valence electrons. The van der Waals surface area contributed by atoms with E-state index < -0.39 is 11.8 Å². The Labute approximate surface area is 138 Å². The molecule has 0 saturated carbocycles. The number of likely N-dealkylation sites (tertiary alicyclic amines) is 1. The molecule has 0 radical (unpaired) electrons. The standard InChI is InChI=1S/C18H27N3O2/c1-13-7-8-16(21(12-13)18(23)17(19)22)15-6-4-5-14(11-15)9-10-20(2)3/h4-6,11,13,16H,7-10,12H2,1-3H3,(H2,19,22)/t13-,16+/m0/s1. The Bertz CT molecular complexity index is 571. The van der Waals surface area contributed by atoms with Gasteiger partial charge in [-0.2, -0.15) is 0 Å². The van der Waals surface area contributed by atoms with Crippen molar-refractivity contribution in [3.05, 3.63) is 35.4 Å². The van der Waals surface area contributed by atoms with Gasteiger partial charge in [-0.15, -0.1) is 0 Å². The van der Waals surface area contributed by atoms with Gasteiger partial charge in [0.25, 0.3) is 0 Å². The zero-order chi connectivity index (χ0) is 17.0. The normalized spacial score (nSPS) is 21.5. The number of benzene rings is 1. The highest BCUT2D eigenvalue weighted by molar-refractivity contribution is 6.34. The average molecular weight is 317 g/mol. The van der Waals surface area contributed by atoms with Gasteiger partial charge in [0.1, 0.15) is 0 Å². The second kappa shape index (κ2) is 7.59. The van der Waals surface area contributed by atoms with E-state index in [-0.39, 0.29) is 6.04 Å². The van der Waals surface area contributed by atoms with Gasteiger partial charge < -0.3 is 15.5 Å². The lowest BCUT2D eigenvalue weighted by atomic mass is 9.89. The molecule has 2 atom stereocenters. The second-order valence-corrected chi connectivity index (χ2v) is 6.82. The fourth-order valence-electron chi connectivity index (χ4n) is 3.17. The van der Waals surface area contributed by atoms with Crippen LogP contribution < -0.4 is 5.73 Å². The summed E-state index contributed by atoms with van der Waals surface area (Å²) in [5, 5.41) is 0. The minimum absolute atomic E-state index is 0.0505. The number of hydrogen-bond donors (Lipinski definition) is 1. The maximum atomic E-state index is 12.2. The van der Waals surface area contributed by atoms with Crippen LogP contribution in [0.1, 0.15) is 36.9 Å². The van der Waals surface area contributed by atoms with Gasteiger partial charge in [-0.1, -0.05) is 31.2 Å². The highest BCUT2D eigenvalue weighted by atomic mass is 16.2. The van der Waals surface area contributed by atoms with Crippen LogP contribution in [0.4, 0.5) is 0 Å². The number of piperidine rings is 1. The summed E-state index contributed by atoms with van der Waals surface area (Å²) in [5.74, 6) is -1.04. The third kappa shape index (κ3) is 4.55. The van der Waals surface area contributed by atoms with Gasteiger partial charge in [-0.05, 0) is 50.4 Å². The number of nitrogens with two attached hydrogens (primary N) is 1. The Morgan fingerprint density at radius 3 is 2.70 bits per heavy atom. The van der Waals surface area contributed by atoms with Crippen molar-refractivity contribution in [1.29, 1.82) is 0 Å². The van der Waals surface area contributed by atoms with E-state index in [1.807, 2.05) is 12.1 Å². The first-order valence-corrected chi connectivity index (χ1v) is 8.22. The smallest absolute Gasteiger partial charge is 0.312 e. The minimum Gasteiger partial charge on any atom is -0.361 e. The Morgan fingerprint density at radius 2 is 2.04 bits per heavy atom. The zero-order valence-corrected chi connectivity index (χ0v) is 14.3. The van der Waals surface area contributed by atoms with Crippen molar-refractivity contribution >= 4 is 11.8 Å². The van der Waals surface area contributed by atoms with Crippen LogP contribution in [-0.4, -0.2) is 48.8 Å². The van der Waals surface area contributed by atoms with E-state index in [0.717, 1.165) is 31.4 Å². The number of amides is 2. The van der Waals surface area contributed by atoms with Crippen molar-refractivity contribution in [3.63, 3.8) is 0 Å². The molecular weight excluding hydrogens is 290 g/mol. The molecule has 0 spiro atoms. The summed E-state index contributed by atoms with van der Waals surface area (Å²) in [4.78, 5) is 27.3. The van der Waals surface area contributed by atoms with Crippen LogP contribution in [0.25, 0.3) is 0 Å². The van der Waals surface area contributed by atoms with Crippen molar-refractivity contribution in [2.45, 2.75) is 32.2 Å². The van der Waals surface area contributed by atoms with Gasteiger partial charge in [-0.25, -0.2) is 0 Å². The molecule has 1 aliphatic heterocycles. The van der Waals surface area contributed by atoms with E-state index in [1.165, 1.54) is 5.56 Å². The fourth-order valence-corrected chi connectivity index (χ4v) is 3.17. The summed E-state index contributed by atoms with van der Waals surface area (Å²) >= 11 is 0. The predicted octanol–water partition coefficient (Wildman–Crippen LogP) is 1.58. The number of primary amides is 1. The number of nitrogens with zero attached hydrogens (tertiary/aromatic N) is 2. The van der Waals surface area contributed by atoms with Crippen molar-refractivity contribution in [3.8, 4) is 0 Å². The molecule has 1 aliphatic rings. The van der Waals surface area contributed by atoms with Gasteiger partial charge in [0.15, 0.2) is 0 Å². The maximum Gasteiger partial charge on any atom is 0.312 e. The van der Waals surface area contributed by atoms with E-state index in [2.05, 4.69) is 38.1 Å². The molecule has 2 N–H and O–H groups in total. The van der Waals surface area contributed by atoms with E-state index in [1.54, 1.807) is 4.90 Å². The predicted molar refractivity (Wildman–Crippen MR) is 90.7 cm³/mol. The van der Waals surface area contributed by atoms with E-state index in [4.69, 9.17) is 5.73 Å². The molecule has 2 amide bonds. The Morgan fingerprint density at radius 1 is 1.30 bits per heavy atom. The molecule has 1 saturated heterocycles. The number of rotatable bonds is 4. The summed E-state index contributed by atoms with van der Waals surface area (Å²) < 4.78 is 0. The number of hydrogen-bond acceptors (Lipinski definition) is 3. The summed E-state index contributed by atoms with van der Waals surface area (Å²) in [6, 6.07) is 8.29. The third-order valence-corrected chi connectivity index (χ3v) is 4.47. The number of likely N-dealkylation sites (N-methyl/N-ethyl adjacent to an activating group) is 1. The molecule has 5 heteroatoms. The zero-order valence-electron chi connectivity index (χ0n) is 14.3. The fraction of sp³-hybridized carbons (Fsp3) is 0.556. The minimum atomic E-state index is -0.868. The number of carbonyl (C=O) groups excluding carboxylic acids is 2. The van der Waals surface area contributed by atoms with Crippen LogP contribution in [-0.2, 0) is 16.0 Å². The molecule has 0 unspecified atom stereocenters. The van der Waals surface area contributed by atoms with Gasteiger partial charge in [-0.3, -0.25) is 9.59 Å². The van der Waals surface area contributed by atoms with Crippen LogP contribution in [0.3, 0.4) is 0 Å². The highest BCUT2D eigenvalue weighted by Crippen LogP contribution is 2.33. The van der Waals surface area contributed by atoms with Gasteiger partial charge in [0, 0.05) is 13.1 Å². The summed E-state index contributed by atoms with van der Waals surface area (Å²) in [7, 11) is 4.11. The topological polar surface area (TPSA) is 66.6 Å². The lowest BCUT2D eigenvalue weighted by molar-refractivity contribution is -0.147.